The molecule has 36 heavy (non-hydrogen) atoms. The Balaban J connectivity index is 2.50. The largest absolute Gasteiger partial charge is 0.508 e. The fourth-order valence-corrected chi connectivity index (χ4v) is 4.41. The molecule has 1 aliphatic rings. The molecule has 0 bridgehead atoms. The molecule has 8 nitrogen and oxygen atoms in total. The monoisotopic (exact) mass is 503 g/mol. The summed E-state index contributed by atoms with van der Waals surface area (Å²) >= 11 is 0. The summed E-state index contributed by atoms with van der Waals surface area (Å²) in [6, 6.07) is 3.09. The van der Waals surface area contributed by atoms with Gasteiger partial charge in [0.15, 0.2) is 0 Å². The third kappa shape index (κ3) is 7.87. The van der Waals surface area contributed by atoms with E-state index in [1.807, 2.05) is 20.8 Å². The van der Waals surface area contributed by atoms with Crippen LogP contribution in [0.1, 0.15) is 97.7 Å². The summed E-state index contributed by atoms with van der Waals surface area (Å²) < 4.78 is 5.42. The Hall–Kier alpha value is -2.77. The molecule has 1 saturated carbocycles. The third-order valence-corrected chi connectivity index (χ3v) is 6.50. The number of phenolic OH excluding ortho intramolecular Hbond substituents is 1. The molecule has 3 atom stereocenters. The van der Waals surface area contributed by atoms with Gasteiger partial charge in [-0.05, 0) is 89.5 Å². The number of carbonyl (C=O) groups excluding carboxylic acids is 3. The molecule has 0 saturated heterocycles. The highest BCUT2D eigenvalue weighted by Gasteiger charge is 2.43. The van der Waals surface area contributed by atoms with E-state index in [0.29, 0.717) is 11.1 Å². The summed E-state index contributed by atoms with van der Waals surface area (Å²) in [6.07, 6.45) is 3.61. The van der Waals surface area contributed by atoms with Crippen molar-refractivity contribution in [1.82, 2.24) is 15.5 Å². The molecule has 1 aliphatic carbocycles. The lowest BCUT2D eigenvalue weighted by Crippen LogP contribution is -2.59. The van der Waals surface area contributed by atoms with Gasteiger partial charge in [0.2, 0.25) is 11.8 Å². The van der Waals surface area contributed by atoms with Crippen LogP contribution < -0.4 is 10.6 Å². The minimum Gasteiger partial charge on any atom is -0.508 e. The SMILES string of the molecule is CCCC(C)NC(=O)C(c1ccc(O)c(C)c1)N(C(=O)C(NC(=O)OC(C)(C)C)C(C)C)C1CCC1. The van der Waals surface area contributed by atoms with Crippen LogP contribution in [-0.2, 0) is 14.3 Å². The van der Waals surface area contributed by atoms with E-state index in [0.717, 1.165) is 32.1 Å². The number of aryl methyl sites for hydroxylation is 1. The van der Waals surface area contributed by atoms with E-state index in [2.05, 4.69) is 17.6 Å². The maximum Gasteiger partial charge on any atom is 0.408 e. The first-order valence-corrected chi connectivity index (χ1v) is 13.2. The lowest BCUT2D eigenvalue weighted by atomic mass is 9.87. The van der Waals surface area contributed by atoms with Crippen molar-refractivity contribution in [3.63, 3.8) is 0 Å². The highest BCUT2D eigenvalue weighted by atomic mass is 16.6. The number of hydrogen-bond donors (Lipinski definition) is 3. The number of nitrogens with one attached hydrogen (secondary N) is 2. The van der Waals surface area contributed by atoms with Crippen molar-refractivity contribution in [2.24, 2.45) is 5.92 Å². The number of rotatable bonds is 10. The third-order valence-electron chi connectivity index (χ3n) is 6.50. The van der Waals surface area contributed by atoms with Gasteiger partial charge in [-0.25, -0.2) is 4.79 Å². The first-order valence-electron chi connectivity index (χ1n) is 13.2. The second kappa shape index (κ2) is 12.5. The van der Waals surface area contributed by atoms with Crippen LogP contribution >= 0.6 is 0 Å². The van der Waals surface area contributed by atoms with Crippen molar-refractivity contribution in [3.05, 3.63) is 29.3 Å². The fourth-order valence-electron chi connectivity index (χ4n) is 4.41. The number of aromatic hydroxyl groups is 1. The van der Waals surface area contributed by atoms with Crippen LogP contribution in [0.4, 0.5) is 4.79 Å². The molecule has 8 heteroatoms. The smallest absolute Gasteiger partial charge is 0.408 e. The Morgan fingerprint density at radius 1 is 1.14 bits per heavy atom. The van der Waals surface area contributed by atoms with Gasteiger partial charge in [0, 0.05) is 12.1 Å². The number of alkyl carbamates (subject to hydrolysis) is 1. The molecule has 0 spiro atoms. The Labute approximate surface area is 216 Å². The lowest BCUT2D eigenvalue weighted by molar-refractivity contribution is -0.148. The standard InChI is InChI=1S/C28H45N3O5/c1-9-11-19(5)29-25(33)24(20-14-15-22(32)18(4)16-20)31(21-12-10-13-21)26(34)23(17(2)3)30-27(35)36-28(6,7)8/h14-17,19,21,23-24,32H,9-13H2,1-8H3,(H,29,33)(H,30,35). The molecule has 3 N–H and O–H groups in total. The van der Waals surface area contributed by atoms with Gasteiger partial charge in [0.25, 0.3) is 0 Å². The van der Waals surface area contributed by atoms with E-state index in [-0.39, 0.29) is 35.6 Å². The topological polar surface area (TPSA) is 108 Å². The summed E-state index contributed by atoms with van der Waals surface area (Å²) in [5, 5.41) is 15.9. The molecule has 0 heterocycles. The minimum atomic E-state index is -0.886. The van der Waals surface area contributed by atoms with Gasteiger partial charge < -0.3 is 25.4 Å². The van der Waals surface area contributed by atoms with Crippen molar-refractivity contribution >= 4 is 17.9 Å². The molecular formula is C28H45N3O5. The highest BCUT2D eigenvalue weighted by Crippen LogP contribution is 2.35. The molecule has 3 amide bonds. The quantitative estimate of drug-likeness (QED) is 0.417. The van der Waals surface area contributed by atoms with Crippen LogP contribution in [0, 0.1) is 12.8 Å². The zero-order valence-electron chi connectivity index (χ0n) is 23.2. The van der Waals surface area contributed by atoms with Crippen molar-refractivity contribution < 1.29 is 24.2 Å². The van der Waals surface area contributed by atoms with Crippen molar-refractivity contribution in [1.29, 1.82) is 0 Å². The molecule has 1 aromatic rings. The van der Waals surface area contributed by atoms with E-state index in [1.165, 1.54) is 0 Å². The van der Waals surface area contributed by atoms with Crippen LogP contribution in [0.5, 0.6) is 5.75 Å². The minimum absolute atomic E-state index is 0.0534. The van der Waals surface area contributed by atoms with Crippen LogP contribution in [0.3, 0.4) is 0 Å². The summed E-state index contributed by atoms with van der Waals surface area (Å²) in [7, 11) is 0. The summed E-state index contributed by atoms with van der Waals surface area (Å²) in [6.45, 7) is 14.8. The number of carbonyl (C=O) groups is 3. The number of amides is 3. The first-order chi connectivity index (χ1) is 16.7. The number of nitrogens with zero attached hydrogens (tertiary/aromatic N) is 1. The highest BCUT2D eigenvalue weighted by molar-refractivity contribution is 5.92. The van der Waals surface area contributed by atoms with E-state index >= 15 is 0 Å². The Morgan fingerprint density at radius 2 is 1.78 bits per heavy atom. The van der Waals surface area contributed by atoms with Crippen LogP contribution in [0.25, 0.3) is 0 Å². The number of ether oxygens (including phenoxy) is 1. The van der Waals surface area contributed by atoms with E-state index in [9.17, 15) is 19.5 Å². The van der Waals surface area contributed by atoms with Gasteiger partial charge in [-0.3, -0.25) is 9.59 Å². The zero-order valence-corrected chi connectivity index (χ0v) is 23.2. The summed E-state index contributed by atoms with van der Waals surface area (Å²) in [5.41, 5.74) is 0.552. The van der Waals surface area contributed by atoms with Gasteiger partial charge in [-0.15, -0.1) is 0 Å². The maximum absolute atomic E-state index is 14.1. The van der Waals surface area contributed by atoms with Crippen LogP contribution in [-0.4, -0.2) is 51.6 Å². The molecule has 0 radical (unpaired) electrons. The first kappa shape index (κ1) is 29.5. The normalized spacial score (nSPS) is 16.5. The molecule has 0 aliphatic heterocycles. The molecule has 2 rings (SSSR count). The molecule has 3 unspecified atom stereocenters. The van der Waals surface area contributed by atoms with Gasteiger partial charge in [-0.1, -0.05) is 33.3 Å². The molecule has 0 aromatic heterocycles. The second-order valence-corrected chi connectivity index (χ2v) is 11.3. The molecular weight excluding hydrogens is 458 g/mol. The Bertz CT molecular complexity index is 920. The van der Waals surface area contributed by atoms with Gasteiger partial charge >= 0.3 is 6.09 Å². The summed E-state index contributed by atoms with van der Waals surface area (Å²) in [5.74, 6) is -0.669. The Kier molecular flexibility index (Phi) is 10.2. The number of hydrogen-bond acceptors (Lipinski definition) is 5. The van der Waals surface area contributed by atoms with Crippen molar-refractivity contribution in [2.45, 2.75) is 117 Å². The van der Waals surface area contributed by atoms with Gasteiger partial charge in [0.05, 0.1) is 0 Å². The van der Waals surface area contributed by atoms with E-state index in [4.69, 9.17) is 4.74 Å². The zero-order chi connectivity index (χ0) is 27.2. The van der Waals surface area contributed by atoms with Crippen molar-refractivity contribution in [3.8, 4) is 5.75 Å². The van der Waals surface area contributed by atoms with E-state index < -0.39 is 23.8 Å². The van der Waals surface area contributed by atoms with E-state index in [1.54, 1.807) is 50.8 Å². The predicted molar refractivity (Wildman–Crippen MR) is 141 cm³/mol. The average Bonchev–Trinajstić information content (AvgIpc) is 2.70. The fraction of sp³-hybridized carbons (Fsp3) is 0.679. The van der Waals surface area contributed by atoms with Gasteiger partial charge in [0.1, 0.15) is 23.4 Å². The maximum atomic E-state index is 14.1. The molecule has 202 valence electrons. The second-order valence-electron chi connectivity index (χ2n) is 11.3. The van der Waals surface area contributed by atoms with Crippen LogP contribution in [0.15, 0.2) is 18.2 Å². The average molecular weight is 504 g/mol. The Morgan fingerprint density at radius 3 is 2.25 bits per heavy atom. The molecule has 1 aromatic carbocycles. The van der Waals surface area contributed by atoms with Gasteiger partial charge in [-0.2, -0.15) is 0 Å². The predicted octanol–water partition coefficient (Wildman–Crippen LogP) is 4.98. The molecule has 1 fully saturated rings. The van der Waals surface area contributed by atoms with Crippen LogP contribution in [0.2, 0.25) is 0 Å². The number of benzene rings is 1. The lowest BCUT2D eigenvalue weighted by Gasteiger charge is -2.44. The summed E-state index contributed by atoms with van der Waals surface area (Å²) in [4.78, 5) is 42.1. The van der Waals surface area contributed by atoms with Crippen molar-refractivity contribution in [2.75, 3.05) is 0 Å². The number of phenols is 1.